The average Bonchev–Trinajstić information content (AvgIpc) is 2.58. The molecule has 1 atom stereocenters. The maximum atomic E-state index is 5.31. The van der Waals surface area contributed by atoms with Crippen molar-refractivity contribution in [2.75, 3.05) is 13.1 Å². The van der Waals surface area contributed by atoms with E-state index in [0.717, 1.165) is 19.0 Å². The highest BCUT2D eigenvalue weighted by molar-refractivity contribution is 7.99. The average molecular weight is 243 g/mol. The van der Waals surface area contributed by atoms with Crippen LogP contribution < -0.4 is 5.32 Å². The van der Waals surface area contributed by atoms with Crippen molar-refractivity contribution >= 4 is 11.8 Å². The molecule has 0 aliphatic carbocycles. The van der Waals surface area contributed by atoms with Crippen LogP contribution in [-0.4, -0.2) is 28.5 Å². The fourth-order valence-corrected chi connectivity index (χ4v) is 2.04. The lowest BCUT2D eigenvalue weighted by atomic mass is 10.1. The fraction of sp³-hybridized carbons (Fsp3) is 0.818. The second-order valence-corrected chi connectivity index (χ2v) is 5.79. The molecule has 1 N–H and O–H groups in total. The van der Waals surface area contributed by atoms with Crippen LogP contribution in [0.1, 0.15) is 33.1 Å². The molecule has 0 aliphatic rings. The van der Waals surface area contributed by atoms with Gasteiger partial charge in [0.15, 0.2) is 0 Å². The van der Waals surface area contributed by atoms with E-state index in [1.807, 2.05) is 6.92 Å². The minimum atomic E-state index is 0.451. The summed E-state index contributed by atoms with van der Waals surface area (Å²) in [5, 5.41) is 12.3. The summed E-state index contributed by atoms with van der Waals surface area (Å²) in [5.74, 6) is 1.39. The molecule has 0 bridgehead atoms. The van der Waals surface area contributed by atoms with Crippen LogP contribution in [0, 0.1) is 12.8 Å². The molecule has 1 heterocycles. The molecule has 0 aromatic carbocycles. The van der Waals surface area contributed by atoms with Gasteiger partial charge in [-0.15, -0.1) is 10.2 Å². The van der Waals surface area contributed by atoms with Gasteiger partial charge in [0.2, 0.25) is 5.89 Å². The molecular formula is C11H21N3OS. The first-order valence-corrected chi connectivity index (χ1v) is 6.63. The van der Waals surface area contributed by atoms with Gasteiger partial charge in [-0.05, 0) is 18.9 Å². The maximum absolute atomic E-state index is 5.31. The van der Waals surface area contributed by atoms with Crippen LogP contribution in [-0.2, 0) is 0 Å². The first-order valence-electron chi connectivity index (χ1n) is 5.75. The summed E-state index contributed by atoms with van der Waals surface area (Å²) in [6, 6.07) is 0. The van der Waals surface area contributed by atoms with Crippen molar-refractivity contribution in [1.82, 2.24) is 15.5 Å². The maximum Gasteiger partial charge on any atom is 0.276 e. The van der Waals surface area contributed by atoms with E-state index in [0.29, 0.717) is 16.4 Å². The van der Waals surface area contributed by atoms with Crippen LogP contribution in [0.25, 0.3) is 0 Å². The smallest absolute Gasteiger partial charge is 0.276 e. The topological polar surface area (TPSA) is 51.0 Å². The summed E-state index contributed by atoms with van der Waals surface area (Å²) >= 11 is 1.62. The number of rotatable bonds is 7. The zero-order valence-corrected chi connectivity index (χ0v) is 11.3. The number of hydrogen-bond donors (Lipinski definition) is 1. The second-order valence-electron chi connectivity index (χ2n) is 4.40. The number of nitrogens with zero attached hydrogens (tertiary/aromatic N) is 2. The highest BCUT2D eigenvalue weighted by Gasteiger charge is 2.09. The van der Waals surface area contributed by atoms with E-state index in [9.17, 15) is 0 Å². The largest absolute Gasteiger partial charge is 0.416 e. The Kier molecular flexibility index (Phi) is 5.84. The predicted octanol–water partition coefficient (Wildman–Crippen LogP) is 2.49. The summed E-state index contributed by atoms with van der Waals surface area (Å²) in [5.41, 5.74) is 0. The molecule has 0 radical (unpaired) electrons. The SMILES string of the molecule is Cc1nnc(SC(C)CNCCC(C)C)o1. The molecule has 1 aromatic rings. The van der Waals surface area contributed by atoms with Crippen molar-refractivity contribution in [2.24, 2.45) is 5.92 Å². The molecule has 1 unspecified atom stereocenters. The third kappa shape index (κ3) is 5.51. The van der Waals surface area contributed by atoms with E-state index >= 15 is 0 Å². The van der Waals surface area contributed by atoms with Crippen LogP contribution in [0.15, 0.2) is 9.64 Å². The molecule has 4 nitrogen and oxygen atoms in total. The number of aromatic nitrogens is 2. The monoisotopic (exact) mass is 243 g/mol. The zero-order chi connectivity index (χ0) is 12.0. The molecular weight excluding hydrogens is 222 g/mol. The first kappa shape index (κ1) is 13.5. The van der Waals surface area contributed by atoms with E-state index in [4.69, 9.17) is 4.42 Å². The summed E-state index contributed by atoms with van der Waals surface area (Å²) in [6.45, 7) is 10.5. The predicted molar refractivity (Wildman–Crippen MR) is 66.7 cm³/mol. The van der Waals surface area contributed by atoms with E-state index in [1.54, 1.807) is 11.8 Å². The van der Waals surface area contributed by atoms with Gasteiger partial charge in [0.05, 0.1) is 0 Å². The van der Waals surface area contributed by atoms with Crippen molar-refractivity contribution < 1.29 is 4.42 Å². The number of hydrogen-bond acceptors (Lipinski definition) is 5. The van der Waals surface area contributed by atoms with E-state index in [1.165, 1.54) is 6.42 Å². The molecule has 16 heavy (non-hydrogen) atoms. The lowest BCUT2D eigenvalue weighted by Gasteiger charge is -2.10. The third-order valence-corrected chi connectivity index (χ3v) is 3.08. The third-order valence-electron chi connectivity index (χ3n) is 2.14. The molecule has 0 aliphatic heterocycles. The summed E-state index contributed by atoms with van der Waals surface area (Å²) in [7, 11) is 0. The molecule has 0 amide bonds. The Morgan fingerprint density at radius 1 is 1.31 bits per heavy atom. The number of aryl methyl sites for hydroxylation is 1. The van der Waals surface area contributed by atoms with Gasteiger partial charge >= 0.3 is 0 Å². The molecule has 0 spiro atoms. The molecule has 92 valence electrons. The first-order chi connectivity index (χ1) is 7.58. The Labute approximate surface area is 102 Å². The minimum Gasteiger partial charge on any atom is -0.416 e. The lowest BCUT2D eigenvalue weighted by molar-refractivity contribution is 0.428. The van der Waals surface area contributed by atoms with Gasteiger partial charge in [0.25, 0.3) is 5.22 Å². The van der Waals surface area contributed by atoms with Gasteiger partial charge in [-0.3, -0.25) is 0 Å². The van der Waals surface area contributed by atoms with Gasteiger partial charge in [-0.1, -0.05) is 32.5 Å². The van der Waals surface area contributed by atoms with Crippen LogP contribution in [0.5, 0.6) is 0 Å². The van der Waals surface area contributed by atoms with Gasteiger partial charge in [-0.2, -0.15) is 0 Å². The highest BCUT2D eigenvalue weighted by Crippen LogP contribution is 2.20. The van der Waals surface area contributed by atoms with Crippen molar-refractivity contribution in [3.63, 3.8) is 0 Å². The Hall–Kier alpha value is -0.550. The van der Waals surface area contributed by atoms with E-state index in [2.05, 4.69) is 36.3 Å². The standard InChI is InChI=1S/C11H21N3OS/c1-8(2)5-6-12-7-9(3)16-11-14-13-10(4)15-11/h8-9,12H,5-7H2,1-4H3. The van der Waals surface area contributed by atoms with Gasteiger partial charge in [0.1, 0.15) is 0 Å². The van der Waals surface area contributed by atoms with Crippen molar-refractivity contribution in [2.45, 2.75) is 44.6 Å². The zero-order valence-electron chi connectivity index (χ0n) is 10.5. The minimum absolute atomic E-state index is 0.451. The van der Waals surface area contributed by atoms with Gasteiger partial charge in [0, 0.05) is 18.7 Å². The Bertz CT molecular complexity index is 301. The second kappa shape index (κ2) is 6.91. The van der Waals surface area contributed by atoms with Crippen molar-refractivity contribution in [1.29, 1.82) is 0 Å². The molecule has 1 rings (SSSR count). The lowest BCUT2D eigenvalue weighted by Crippen LogP contribution is -2.24. The molecule has 1 aromatic heterocycles. The van der Waals surface area contributed by atoms with Crippen LogP contribution in [0.4, 0.5) is 0 Å². The molecule has 0 saturated heterocycles. The van der Waals surface area contributed by atoms with Crippen LogP contribution >= 0.6 is 11.8 Å². The fourth-order valence-electron chi connectivity index (χ4n) is 1.24. The molecule has 5 heteroatoms. The summed E-state index contributed by atoms with van der Waals surface area (Å²) in [6.07, 6.45) is 1.22. The highest BCUT2D eigenvalue weighted by atomic mass is 32.2. The normalized spacial score (nSPS) is 13.3. The van der Waals surface area contributed by atoms with E-state index in [-0.39, 0.29) is 0 Å². The van der Waals surface area contributed by atoms with E-state index < -0.39 is 0 Å². The quantitative estimate of drug-likeness (QED) is 0.589. The Morgan fingerprint density at radius 3 is 2.62 bits per heavy atom. The van der Waals surface area contributed by atoms with Crippen molar-refractivity contribution in [3.8, 4) is 0 Å². The Morgan fingerprint density at radius 2 is 2.06 bits per heavy atom. The Balaban J connectivity index is 2.13. The van der Waals surface area contributed by atoms with Crippen molar-refractivity contribution in [3.05, 3.63) is 5.89 Å². The summed E-state index contributed by atoms with van der Waals surface area (Å²) < 4.78 is 5.31. The van der Waals surface area contributed by atoms with Crippen LogP contribution in [0.3, 0.4) is 0 Å². The summed E-state index contributed by atoms with van der Waals surface area (Å²) in [4.78, 5) is 0. The number of thioether (sulfide) groups is 1. The van der Waals surface area contributed by atoms with Gasteiger partial charge in [-0.25, -0.2) is 0 Å². The number of nitrogens with one attached hydrogen (secondary N) is 1. The molecule has 0 saturated carbocycles. The molecule has 0 fully saturated rings. The van der Waals surface area contributed by atoms with Gasteiger partial charge < -0.3 is 9.73 Å². The van der Waals surface area contributed by atoms with Crippen LogP contribution in [0.2, 0.25) is 0 Å².